The molecule has 2 heteroatoms. The van der Waals surface area contributed by atoms with Gasteiger partial charge in [-0.3, -0.25) is 4.79 Å². The number of rotatable bonds is 2. The number of methoxy groups -OCH3 is 1. The smallest absolute Gasteiger partial charge is 0.173 e. The van der Waals surface area contributed by atoms with Gasteiger partial charge < -0.3 is 4.74 Å². The minimum absolute atomic E-state index is 0.0000926. The van der Waals surface area contributed by atoms with Crippen molar-refractivity contribution in [2.75, 3.05) is 7.11 Å². The molecule has 0 saturated heterocycles. The number of carbonyl (C=O) groups is 1. The molecule has 0 N–H and O–H groups in total. The molecule has 1 aromatic rings. The molecule has 2 aliphatic rings. The van der Waals surface area contributed by atoms with Gasteiger partial charge in [0.05, 0.1) is 5.92 Å². The van der Waals surface area contributed by atoms with Gasteiger partial charge in [-0.05, 0) is 5.56 Å². The van der Waals surface area contributed by atoms with E-state index in [2.05, 4.69) is 12.2 Å². The lowest BCUT2D eigenvalue weighted by atomic mass is 9.59. The summed E-state index contributed by atoms with van der Waals surface area (Å²) in [5.41, 5.74) is 0.567. The summed E-state index contributed by atoms with van der Waals surface area (Å²) in [6, 6.07) is 9.98. The molecule has 2 nitrogen and oxygen atoms in total. The van der Waals surface area contributed by atoms with Crippen molar-refractivity contribution in [2.24, 2.45) is 5.92 Å². The molecule has 3 atom stereocenters. The first-order valence-corrected chi connectivity index (χ1v) is 5.61. The van der Waals surface area contributed by atoms with Crippen LogP contribution in [-0.2, 0) is 9.53 Å². The molecule has 82 valence electrons. The molecule has 0 aromatic heterocycles. The lowest BCUT2D eigenvalue weighted by Gasteiger charge is -2.48. The zero-order chi connectivity index (χ0) is 11.2. The molecule has 0 radical (unpaired) electrons. The number of ketones is 1. The normalized spacial score (nSPS) is 35.9. The first kappa shape index (κ1) is 9.79. The highest BCUT2D eigenvalue weighted by Crippen LogP contribution is 2.54. The molecule has 3 rings (SSSR count). The number of carbonyl (C=O) groups excluding carboxylic acids is 1. The van der Waals surface area contributed by atoms with Gasteiger partial charge in [0, 0.05) is 19.4 Å². The van der Waals surface area contributed by atoms with Gasteiger partial charge in [-0.15, -0.1) is 0 Å². The number of hydrogen-bond donors (Lipinski definition) is 0. The molecule has 16 heavy (non-hydrogen) atoms. The summed E-state index contributed by atoms with van der Waals surface area (Å²) in [7, 11) is 1.64. The van der Waals surface area contributed by atoms with Crippen molar-refractivity contribution in [3.05, 3.63) is 48.0 Å². The van der Waals surface area contributed by atoms with Crippen LogP contribution in [-0.4, -0.2) is 18.5 Å². The molecule has 1 aromatic carbocycles. The Morgan fingerprint density at radius 2 is 2.06 bits per heavy atom. The minimum Gasteiger partial charge on any atom is -0.369 e. The summed E-state index contributed by atoms with van der Waals surface area (Å²) in [6.07, 6.45) is 4.92. The van der Waals surface area contributed by atoms with Crippen LogP contribution in [0.4, 0.5) is 0 Å². The summed E-state index contributed by atoms with van der Waals surface area (Å²) in [6.45, 7) is 0. The van der Waals surface area contributed by atoms with E-state index in [0.717, 1.165) is 12.0 Å². The quantitative estimate of drug-likeness (QED) is 0.706. The second-order valence-corrected chi connectivity index (χ2v) is 4.50. The Hall–Kier alpha value is -1.41. The maximum atomic E-state index is 12.2. The molecule has 0 unspecified atom stereocenters. The molecular weight excluding hydrogens is 200 g/mol. The van der Waals surface area contributed by atoms with Crippen molar-refractivity contribution in [1.82, 2.24) is 0 Å². The van der Waals surface area contributed by atoms with E-state index in [9.17, 15) is 4.79 Å². The van der Waals surface area contributed by atoms with E-state index in [1.54, 1.807) is 7.11 Å². The van der Waals surface area contributed by atoms with E-state index in [1.807, 2.05) is 30.3 Å². The Morgan fingerprint density at radius 3 is 2.75 bits per heavy atom. The molecule has 0 aliphatic heterocycles. The van der Waals surface area contributed by atoms with Gasteiger partial charge in [-0.25, -0.2) is 0 Å². The van der Waals surface area contributed by atoms with Gasteiger partial charge in [0.1, 0.15) is 5.60 Å². The van der Waals surface area contributed by atoms with Crippen LogP contribution >= 0.6 is 0 Å². The van der Waals surface area contributed by atoms with Crippen LogP contribution in [0.15, 0.2) is 42.5 Å². The van der Waals surface area contributed by atoms with Crippen LogP contribution in [0.3, 0.4) is 0 Å². The summed E-state index contributed by atoms with van der Waals surface area (Å²) in [5.74, 6) is 0.462. The van der Waals surface area contributed by atoms with E-state index in [0.29, 0.717) is 0 Å². The maximum absolute atomic E-state index is 12.2. The monoisotopic (exact) mass is 214 g/mol. The summed E-state index contributed by atoms with van der Waals surface area (Å²) in [5, 5.41) is 0. The average molecular weight is 214 g/mol. The van der Waals surface area contributed by atoms with Crippen molar-refractivity contribution in [3.8, 4) is 0 Å². The fourth-order valence-electron chi connectivity index (χ4n) is 3.00. The number of hydrogen-bond acceptors (Lipinski definition) is 2. The van der Waals surface area contributed by atoms with E-state index in [-0.39, 0.29) is 17.6 Å². The largest absolute Gasteiger partial charge is 0.369 e. The third kappa shape index (κ3) is 1.03. The molecule has 2 aliphatic carbocycles. The zero-order valence-corrected chi connectivity index (χ0v) is 9.22. The lowest BCUT2D eigenvalue weighted by molar-refractivity contribution is -0.166. The Labute approximate surface area is 94.9 Å². The lowest BCUT2D eigenvalue weighted by Crippen LogP contribution is -2.60. The highest BCUT2D eigenvalue weighted by molar-refractivity contribution is 6.02. The molecule has 0 amide bonds. The van der Waals surface area contributed by atoms with Gasteiger partial charge >= 0.3 is 0 Å². The van der Waals surface area contributed by atoms with Gasteiger partial charge in [-0.2, -0.15) is 0 Å². The van der Waals surface area contributed by atoms with Crippen molar-refractivity contribution >= 4 is 5.78 Å². The predicted molar refractivity (Wildman–Crippen MR) is 61.2 cm³/mol. The van der Waals surface area contributed by atoms with Crippen molar-refractivity contribution in [2.45, 2.75) is 17.9 Å². The first-order chi connectivity index (χ1) is 7.79. The van der Waals surface area contributed by atoms with Gasteiger partial charge in [0.25, 0.3) is 0 Å². The summed E-state index contributed by atoms with van der Waals surface area (Å²) >= 11 is 0. The zero-order valence-electron chi connectivity index (χ0n) is 9.22. The average Bonchev–Trinajstić information content (AvgIpc) is 2.70. The standard InChI is InChI=1S/C14H14O2/c1-16-14-9-5-8-11(14)12(13(14)15)10-6-3-2-4-7-10/h2-8,11-12H,9H2,1H3/t11-,12+,14-/m1/s1. The van der Waals surface area contributed by atoms with Gasteiger partial charge in [0.15, 0.2) is 5.78 Å². The molecule has 0 bridgehead atoms. The van der Waals surface area contributed by atoms with Crippen LogP contribution < -0.4 is 0 Å². The number of fused-ring (bicyclic) bond motifs is 1. The molecule has 1 fully saturated rings. The van der Waals surface area contributed by atoms with Gasteiger partial charge in [-0.1, -0.05) is 42.5 Å². The highest BCUT2D eigenvalue weighted by atomic mass is 16.5. The second-order valence-electron chi connectivity index (χ2n) is 4.50. The van der Waals surface area contributed by atoms with E-state index < -0.39 is 5.60 Å². The minimum atomic E-state index is -0.541. The van der Waals surface area contributed by atoms with E-state index in [4.69, 9.17) is 4.74 Å². The van der Waals surface area contributed by atoms with Crippen LogP contribution in [0.1, 0.15) is 17.9 Å². The predicted octanol–water partition coefficient (Wildman–Crippen LogP) is 2.31. The Kier molecular flexibility index (Phi) is 2.01. The third-order valence-electron chi connectivity index (χ3n) is 3.88. The molecule has 1 saturated carbocycles. The molecule has 0 spiro atoms. The van der Waals surface area contributed by atoms with E-state index in [1.165, 1.54) is 0 Å². The molecular formula is C14H14O2. The van der Waals surface area contributed by atoms with E-state index >= 15 is 0 Å². The number of benzene rings is 1. The fourth-order valence-corrected chi connectivity index (χ4v) is 3.00. The SMILES string of the molecule is CO[C@]12CC=C[C@@H]1[C@H](c1ccccc1)C2=O. The number of ether oxygens (including phenoxy) is 1. The topological polar surface area (TPSA) is 26.3 Å². The Balaban J connectivity index is 1.96. The van der Waals surface area contributed by atoms with Gasteiger partial charge in [0.2, 0.25) is 0 Å². The molecule has 0 heterocycles. The summed E-state index contributed by atoms with van der Waals surface area (Å²) < 4.78 is 5.45. The maximum Gasteiger partial charge on any atom is 0.173 e. The van der Waals surface area contributed by atoms with Crippen LogP contribution in [0, 0.1) is 5.92 Å². The summed E-state index contributed by atoms with van der Waals surface area (Å²) in [4.78, 5) is 12.2. The highest BCUT2D eigenvalue weighted by Gasteiger charge is 2.63. The Bertz CT molecular complexity index is 449. The third-order valence-corrected chi connectivity index (χ3v) is 3.88. The van der Waals surface area contributed by atoms with Crippen LogP contribution in [0.2, 0.25) is 0 Å². The number of Topliss-reactive ketones (excluding diaryl/α,β-unsaturated/α-hetero) is 1. The second kappa shape index (κ2) is 3.29. The van der Waals surface area contributed by atoms with Crippen molar-refractivity contribution in [3.63, 3.8) is 0 Å². The van der Waals surface area contributed by atoms with Crippen LogP contribution in [0.25, 0.3) is 0 Å². The fraction of sp³-hybridized carbons (Fsp3) is 0.357. The van der Waals surface area contributed by atoms with Crippen molar-refractivity contribution < 1.29 is 9.53 Å². The Morgan fingerprint density at radius 1 is 1.31 bits per heavy atom. The van der Waals surface area contributed by atoms with Crippen molar-refractivity contribution in [1.29, 1.82) is 0 Å². The van der Waals surface area contributed by atoms with Crippen LogP contribution in [0.5, 0.6) is 0 Å². The first-order valence-electron chi connectivity index (χ1n) is 5.61.